The number of hydrogen-bond donors (Lipinski definition) is 1. The van der Waals surface area contributed by atoms with Gasteiger partial charge in [0.25, 0.3) is 11.6 Å². The summed E-state index contributed by atoms with van der Waals surface area (Å²) < 4.78 is 5.89. The fourth-order valence-electron chi connectivity index (χ4n) is 3.45. The van der Waals surface area contributed by atoms with E-state index in [9.17, 15) is 14.9 Å². The number of oxazole rings is 1. The molecule has 1 N–H and O–H groups in total. The maximum absolute atomic E-state index is 12.8. The number of nitro groups is 1. The van der Waals surface area contributed by atoms with Crippen molar-refractivity contribution in [1.82, 2.24) is 4.98 Å². The molecule has 162 valence electrons. The number of amides is 1. The summed E-state index contributed by atoms with van der Waals surface area (Å²) in [6, 6.07) is 15.2. The summed E-state index contributed by atoms with van der Waals surface area (Å²) in [6.07, 6.45) is 0. The molecule has 7 nitrogen and oxygen atoms in total. The first-order chi connectivity index (χ1) is 15.2. The third-order valence-electron chi connectivity index (χ3n) is 5.28. The highest BCUT2D eigenvalue weighted by Gasteiger charge is 2.19. The SMILES string of the molecule is Cc1c(C(=O)Nc2ccc(Cl)c(-c3nc4cc(C(C)C)ccc4o3)c2)cccc1[N+](=O)[O-]. The maximum Gasteiger partial charge on any atom is 0.273 e. The van der Waals surface area contributed by atoms with Gasteiger partial charge < -0.3 is 9.73 Å². The predicted octanol–water partition coefficient (Wildman–Crippen LogP) is 6.74. The normalized spacial score (nSPS) is 11.2. The fourth-order valence-corrected chi connectivity index (χ4v) is 3.65. The van der Waals surface area contributed by atoms with Crippen LogP contribution in [0.4, 0.5) is 11.4 Å². The summed E-state index contributed by atoms with van der Waals surface area (Å²) in [7, 11) is 0. The Balaban J connectivity index is 1.67. The van der Waals surface area contributed by atoms with Gasteiger partial charge in [0, 0.05) is 22.9 Å². The number of hydrogen-bond acceptors (Lipinski definition) is 5. The van der Waals surface area contributed by atoms with Crippen LogP contribution in [0.25, 0.3) is 22.6 Å². The molecule has 1 amide bonds. The summed E-state index contributed by atoms with van der Waals surface area (Å²) in [6.45, 7) is 5.76. The minimum absolute atomic E-state index is 0.110. The number of nitro benzene ring substituents is 1. The number of aromatic nitrogens is 1. The van der Waals surface area contributed by atoms with Crippen molar-refractivity contribution < 1.29 is 14.1 Å². The first-order valence-corrected chi connectivity index (χ1v) is 10.4. The van der Waals surface area contributed by atoms with Crippen molar-refractivity contribution in [1.29, 1.82) is 0 Å². The molecular weight excluding hydrogens is 430 g/mol. The van der Waals surface area contributed by atoms with Gasteiger partial charge in [0.1, 0.15) is 5.52 Å². The van der Waals surface area contributed by atoms with Crippen molar-refractivity contribution in [3.8, 4) is 11.5 Å². The van der Waals surface area contributed by atoms with E-state index in [1.54, 1.807) is 31.2 Å². The number of fused-ring (bicyclic) bond motifs is 1. The summed E-state index contributed by atoms with van der Waals surface area (Å²) in [5, 5.41) is 14.4. The second kappa shape index (κ2) is 8.43. The smallest absolute Gasteiger partial charge is 0.273 e. The molecular formula is C24H20ClN3O4. The molecule has 32 heavy (non-hydrogen) atoms. The highest BCUT2D eigenvalue weighted by Crippen LogP contribution is 2.33. The number of anilines is 1. The largest absolute Gasteiger partial charge is 0.436 e. The van der Waals surface area contributed by atoms with E-state index in [1.165, 1.54) is 12.1 Å². The molecule has 3 aromatic carbocycles. The van der Waals surface area contributed by atoms with Gasteiger partial charge in [-0.2, -0.15) is 0 Å². The Morgan fingerprint density at radius 3 is 2.66 bits per heavy atom. The molecule has 0 saturated heterocycles. The van der Waals surface area contributed by atoms with Gasteiger partial charge in [-0.15, -0.1) is 0 Å². The molecule has 0 aliphatic rings. The lowest BCUT2D eigenvalue weighted by Gasteiger charge is -2.09. The molecule has 0 bridgehead atoms. The van der Waals surface area contributed by atoms with Crippen LogP contribution in [0.2, 0.25) is 5.02 Å². The van der Waals surface area contributed by atoms with Crippen molar-refractivity contribution in [2.45, 2.75) is 26.7 Å². The van der Waals surface area contributed by atoms with E-state index in [0.29, 0.717) is 39.2 Å². The molecule has 0 aliphatic heterocycles. The zero-order chi connectivity index (χ0) is 23.0. The first kappa shape index (κ1) is 21.5. The summed E-state index contributed by atoms with van der Waals surface area (Å²) in [5.74, 6) is 0.242. The number of halogens is 1. The number of carbonyl (C=O) groups is 1. The van der Waals surface area contributed by atoms with Crippen LogP contribution in [0.5, 0.6) is 0 Å². The molecule has 0 aliphatic carbocycles. The zero-order valence-electron chi connectivity index (χ0n) is 17.7. The van der Waals surface area contributed by atoms with E-state index in [1.807, 2.05) is 18.2 Å². The molecule has 0 atom stereocenters. The van der Waals surface area contributed by atoms with Crippen LogP contribution in [0, 0.1) is 17.0 Å². The molecule has 4 aromatic rings. The fraction of sp³-hybridized carbons (Fsp3) is 0.167. The van der Waals surface area contributed by atoms with Crippen LogP contribution in [0.1, 0.15) is 41.3 Å². The van der Waals surface area contributed by atoms with E-state index >= 15 is 0 Å². The second-order valence-corrected chi connectivity index (χ2v) is 8.16. The Labute approximate surface area is 189 Å². The standard InChI is InChI=1S/C24H20ClN3O4/c1-13(2)15-7-10-22-20(11-15)27-24(32-22)18-12-16(8-9-19(18)25)26-23(29)17-5-4-6-21(14(17)3)28(30)31/h4-13H,1-3H3,(H,26,29). The minimum Gasteiger partial charge on any atom is -0.436 e. The third kappa shape index (κ3) is 4.07. The van der Waals surface area contributed by atoms with Crippen molar-refractivity contribution >= 4 is 40.0 Å². The van der Waals surface area contributed by atoms with E-state index in [0.717, 1.165) is 11.1 Å². The molecule has 4 rings (SSSR count). The number of nitrogens with one attached hydrogen (secondary N) is 1. The Kier molecular flexibility index (Phi) is 5.67. The average Bonchev–Trinajstić information content (AvgIpc) is 3.18. The molecule has 0 spiro atoms. The average molecular weight is 450 g/mol. The summed E-state index contributed by atoms with van der Waals surface area (Å²) in [4.78, 5) is 28.0. The van der Waals surface area contributed by atoms with Crippen molar-refractivity contribution in [2.75, 3.05) is 5.32 Å². The van der Waals surface area contributed by atoms with Gasteiger partial charge in [0.2, 0.25) is 5.89 Å². The lowest BCUT2D eigenvalue weighted by molar-refractivity contribution is -0.385. The Bertz CT molecular complexity index is 1360. The van der Waals surface area contributed by atoms with Crippen molar-refractivity contribution in [3.63, 3.8) is 0 Å². The molecule has 0 fully saturated rings. The second-order valence-electron chi connectivity index (χ2n) is 7.76. The van der Waals surface area contributed by atoms with E-state index in [-0.39, 0.29) is 11.3 Å². The zero-order valence-corrected chi connectivity index (χ0v) is 18.4. The van der Waals surface area contributed by atoms with Gasteiger partial charge in [-0.1, -0.05) is 37.6 Å². The number of rotatable bonds is 5. The van der Waals surface area contributed by atoms with E-state index in [2.05, 4.69) is 24.1 Å². The lowest BCUT2D eigenvalue weighted by Crippen LogP contribution is -2.14. The topological polar surface area (TPSA) is 98.3 Å². The molecule has 0 saturated carbocycles. The Hall–Kier alpha value is -3.71. The first-order valence-electron chi connectivity index (χ1n) is 10.0. The minimum atomic E-state index is -0.509. The van der Waals surface area contributed by atoms with Gasteiger partial charge in [0.05, 0.1) is 15.5 Å². The third-order valence-corrected chi connectivity index (χ3v) is 5.61. The number of nitrogens with zero attached hydrogens (tertiary/aromatic N) is 2. The van der Waals surface area contributed by atoms with Crippen LogP contribution in [-0.2, 0) is 0 Å². The van der Waals surface area contributed by atoms with Gasteiger partial charge in [-0.25, -0.2) is 4.98 Å². The molecule has 0 radical (unpaired) electrons. The van der Waals surface area contributed by atoms with Gasteiger partial charge >= 0.3 is 0 Å². The monoisotopic (exact) mass is 449 g/mol. The summed E-state index contributed by atoms with van der Waals surface area (Å²) >= 11 is 6.39. The molecule has 1 aromatic heterocycles. The van der Waals surface area contributed by atoms with Gasteiger partial charge in [-0.05, 0) is 54.8 Å². The quantitative estimate of drug-likeness (QED) is 0.268. The molecule has 8 heteroatoms. The van der Waals surface area contributed by atoms with Gasteiger partial charge in [0.15, 0.2) is 5.58 Å². The van der Waals surface area contributed by atoms with Crippen LogP contribution < -0.4 is 5.32 Å². The van der Waals surface area contributed by atoms with Crippen LogP contribution >= 0.6 is 11.6 Å². The van der Waals surface area contributed by atoms with Crippen LogP contribution in [0.3, 0.4) is 0 Å². The summed E-state index contributed by atoms with van der Waals surface area (Å²) in [5.41, 5.74) is 3.92. The predicted molar refractivity (Wildman–Crippen MR) is 124 cm³/mol. The number of carbonyl (C=O) groups excluding carboxylic acids is 1. The van der Waals surface area contributed by atoms with Crippen LogP contribution in [0.15, 0.2) is 59.0 Å². The van der Waals surface area contributed by atoms with E-state index < -0.39 is 10.8 Å². The van der Waals surface area contributed by atoms with Crippen molar-refractivity contribution in [2.24, 2.45) is 0 Å². The van der Waals surface area contributed by atoms with Gasteiger partial charge in [-0.3, -0.25) is 14.9 Å². The molecule has 0 unspecified atom stereocenters. The highest BCUT2D eigenvalue weighted by molar-refractivity contribution is 6.33. The van der Waals surface area contributed by atoms with Crippen LogP contribution in [-0.4, -0.2) is 15.8 Å². The Morgan fingerprint density at radius 2 is 1.94 bits per heavy atom. The maximum atomic E-state index is 12.8. The Morgan fingerprint density at radius 1 is 1.16 bits per heavy atom. The van der Waals surface area contributed by atoms with E-state index in [4.69, 9.17) is 16.0 Å². The highest BCUT2D eigenvalue weighted by atomic mass is 35.5. The van der Waals surface area contributed by atoms with Crippen molar-refractivity contribution in [3.05, 3.63) is 86.4 Å². The lowest BCUT2D eigenvalue weighted by atomic mass is 10.0. The number of benzene rings is 3. The molecule has 1 heterocycles.